The van der Waals surface area contributed by atoms with E-state index in [-0.39, 0.29) is 0 Å². The maximum absolute atomic E-state index is 9.83. The van der Waals surface area contributed by atoms with Gasteiger partial charge in [-0.1, -0.05) is 13.8 Å². The van der Waals surface area contributed by atoms with Crippen LogP contribution in [0.3, 0.4) is 0 Å². The fourth-order valence-electron chi connectivity index (χ4n) is 1.19. The van der Waals surface area contributed by atoms with Crippen molar-refractivity contribution >= 4 is 0 Å². The molecule has 1 aromatic rings. The molecule has 4 nitrogen and oxygen atoms in total. The SMILES string of the molecule is COc1cncc(C(O)CNC(C)C)c1. The lowest BCUT2D eigenvalue weighted by Crippen LogP contribution is -2.27. The normalized spacial score (nSPS) is 12.9. The summed E-state index contributed by atoms with van der Waals surface area (Å²) in [5, 5.41) is 13.0. The fraction of sp³-hybridized carbons (Fsp3) is 0.545. The van der Waals surface area contributed by atoms with Crippen LogP contribution >= 0.6 is 0 Å². The molecule has 0 fully saturated rings. The van der Waals surface area contributed by atoms with Crippen molar-refractivity contribution in [2.75, 3.05) is 13.7 Å². The first-order chi connectivity index (χ1) is 7.13. The van der Waals surface area contributed by atoms with Crippen molar-refractivity contribution in [1.82, 2.24) is 10.3 Å². The molecule has 1 atom stereocenters. The van der Waals surface area contributed by atoms with E-state index in [2.05, 4.69) is 10.3 Å². The van der Waals surface area contributed by atoms with Gasteiger partial charge in [0, 0.05) is 24.3 Å². The Labute approximate surface area is 90.3 Å². The summed E-state index contributed by atoms with van der Waals surface area (Å²) >= 11 is 0. The quantitative estimate of drug-likeness (QED) is 0.764. The number of methoxy groups -OCH3 is 1. The minimum atomic E-state index is -0.546. The lowest BCUT2D eigenvalue weighted by atomic mass is 10.1. The van der Waals surface area contributed by atoms with Gasteiger partial charge in [-0.3, -0.25) is 4.98 Å². The number of pyridine rings is 1. The van der Waals surface area contributed by atoms with Crippen molar-refractivity contribution in [2.45, 2.75) is 26.0 Å². The largest absolute Gasteiger partial charge is 0.495 e. The van der Waals surface area contributed by atoms with Crippen LogP contribution in [0.4, 0.5) is 0 Å². The number of aromatic nitrogens is 1. The van der Waals surface area contributed by atoms with Crippen LogP contribution in [0.2, 0.25) is 0 Å². The summed E-state index contributed by atoms with van der Waals surface area (Å²) < 4.78 is 5.04. The third-order valence-electron chi connectivity index (χ3n) is 2.07. The molecule has 15 heavy (non-hydrogen) atoms. The average Bonchev–Trinajstić information content (AvgIpc) is 2.26. The Balaban J connectivity index is 2.60. The number of aliphatic hydroxyl groups excluding tert-OH is 1. The van der Waals surface area contributed by atoms with Gasteiger partial charge >= 0.3 is 0 Å². The standard InChI is InChI=1S/C11H18N2O2/c1-8(2)13-7-11(14)9-4-10(15-3)6-12-5-9/h4-6,8,11,13-14H,7H2,1-3H3. The Bertz CT molecular complexity index is 302. The summed E-state index contributed by atoms with van der Waals surface area (Å²) in [6, 6.07) is 2.15. The molecule has 0 aromatic carbocycles. The maximum Gasteiger partial charge on any atom is 0.137 e. The molecule has 2 N–H and O–H groups in total. The van der Waals surface area contributed by atoms with Gasteiger partial charge in [0.05, 0.1) is 19.4 Å². The molecule has 1 rings (SSSR count). The highest BCUT2D eigenvalue weighted by Crippen LogP contribution is 2.16. The summed E-state index contributed by atoms with van der Waals surface area (Å²) in [4.78, 5) is 3.99. The van der Waals surface area contributed by atoms with Gasteiger partial charge in [0.2, 0.25) is 0 Å². The van der Waals surface area contributed by atoms with Crippen LogP contribution in [0.15, 0.2) is 18.5 Å². The molecule has 1 unspecified atom stereocenters. The second kappa shape index (κ2) is 5.68. The second-order valence-electron chi connectivity index (χ2n) is 3.74. The lowest BCUT2D eigenvalue weighted by molar-refractivity contribution is 0.171. The number of rotatable bonds is 5. The summed E-state index contributed by atoms with van der Waals surface area (Å²) in [6.45, 7) is 4.60. The molecule has 4 heteroatoms. The Morgan fingerprint density at radius 3 is 2.80 bits per heavy atom. The monoisotopic (exact) mass is 210 g/mol. The molecule has 0 aliphatic rings. The van der Waals surface area contributed by atoms with Gasteiger partial charge in [0.25, 0.3) is 0 Å². The number of hydrogen-bond acceptors (Lipinski definition) is 4. The average molecular weight is 210 g/mol. The minimum Gasteiger partial charge on any atom is -0.495 e. The summed E-state index contributed by atoms with van der Waals surface area (Å²) in [5.41, 5.74) is 0.766. The predicted octanol–water partition coefficient (Wildman–Crippen LogP) is 1.12. The van der Waals surface area contributed by atoms with Crippen LogP contribution in [-0.2, 0) is 0 Å². The molecular formula is C11H18N2O2. The highest BCUT2D eigenvalue weighted by Gasteiger charge is 2.09. The van der Waals surface area contributed by atoms with Crippen LogP contribution in [0.1, 0.15) is 25.5 Å². The topological polar surface area (TPSA) is 54.4 Å². The molecule has 84 valence electrons. The molecule has 1 heterocycles. The van der Waals surface area contributed by atoms with Gasteiger partial charge in [-0.05, 0) is 6.07 Å². The maximum atomic E-state index is 9.83. The van der Waals surface area contributed by atoms with E-state index in [4.69, 9.17) is 4.74 Å². The fourth-order valence-corrected chi connectivity index (χ4v) is 1.19. The Hall–Kier alpha value is -1.13. The molecule has 0 aliphatic heterocycles. The van der Waals surface area contributed by atoms with E-state index >= 15 is 0 Å². The van der Waals surface area contributed by atoms with E-state index in [0.717, 1.165) is 5.56 Å². The lowest BCUT2D eigenvalue weighted by Gasteiger charge is -2.14. The molecule has 0 amide bonds. The van der Waals surface area contributed by atoms with Crippen LogP contribution in [0.5, 0.6) is 5.75 Å². The number of ether oxygens (including phenoxy) is 1. The number of hydrogen-bond donors (Lipinski definition) is 2. The Morgan fingerprint density at radius 1 is 1.47 bits per heavy atom. The summed E-state index contributed by atoms with van der Waals surface area (Å²) in [6.07, 6.45) is 2.72. The summed E-state index contributed by atoms with van der Waals surface area (Å²) in [7, 11) is 1.58. The Kier molecular flexibility index (Phi) is 4.52. The van der Waals surface area contributed by atoms with E-state index in [9.17, 15) is 5.11 Å². The van der Waals surface area contributed by atoms with E-state index < -0.39 is 6.10 Å². The van der Waals surface area contributed by atoms with Gasteiger partial charge in [0.15, 0.2) is 0 Å². The number of nitrogens with one attached hydrogen (secondary N) is 1. The first-order valence-corrected chi connectivity index (χ1v) is 5.04. The number of aliphatic hydroxyl groups is 1. The van der Waals surface area contributed by atoms with Crippen molar-refractivity contribution < 1.29 is 9.84 Å². The van der Waals surface area contributed by atoms with Crippen LogP contribution in [0, 0.1) is 0 Å². The van der Waals surface area contributed by atoms with Crippen LogP contribution in [0.25, 0.3) is 0 Å². The molecular weight excluding hydrogens is 192 g/mol. The molecule has 0 saturated heterocycles. The molecule has 0 spiro atoms. The smallest absolute Gasteiger partial charge is 0.137 e. The van der Waals surface area contributed by atoms with Gasteiger partial charge in [-0.2, -0.15) is 0 Å². The van der Waals surface area contributed by atoms with Crippen molar-refractivity contribution in [2.24, 2.45) is 0 Å². The van der Waals surface area contributed by atoms with Crippen molar-refractivity contribution in [3.8, 4) is 5.75 Å². The second-order valence-corrected chi connectivity index (χ2v) is 3.74. The summed E-state index contributed by atoms with van der Waals surface area (Å²) in [5.74, 6) is 0.663. The molecule has 0 saturated carbocycles. The third-order valence-corrected chi connectivity index (χ3v) is 2.07. The third kappa shape index (κ3) is 3.85. The number of nitrogens with zero attached hydrogens (tertiary/aromatic N) is 1. The first kappa shape index (κ1) is 11.9. The minimum absolute atomic E-state index is 0.359. The highest BCUT2D eigenvalue weighted by atomic mass is 16.5. The molecule has 0 bridgehead atoms. The molecule has 0 aliphatic carbocycles. The van der Waals surface area contributed by atoms with Crippen LogP contribution < -0.4 is 10.1 Å². The van der Waals surface area contributed by atoms with Crippen molar-refractivity contribution in [3.05, 3.63) is 24.0 Å². The molecule has 0 radical (unpaired) electrons. The zero-order valence-electron chi connectivity index (χ0n) is 9.40. The van der Waals surface area contributed by atoms with Crippen molar-refractivity contribution in [3.63, 3.8) is 0 Å². The Morgan fingerprint density at radius 2 is 2.20 bits per heavy atom. The van der Waals surface area contributed by atoms with Gasteiger partial charge in [-0.25, -0.2) is 0 Å². The van der Waals surface area contributed by atoms with E-state index in [1.807, 2.05) is 13.8 Å². The molecule has 1 aromatic heterocycles. The van der Waals surface area contributed by atoms with Gasteiger partial charge in [0.1, 0.15) is 5.75 Å². The first-order valence-electron chi connectivity index (χ1n) is 5.04. The van der Waals surface area contributed by atoms with E-state index in [1.165, 1.54) is 0 Å². The van der Waals surface area contributed by atoms with Gasteiger partial charge in [-0.15, -0.1) is 0 Å². The van der Waals surface area contributed by atoms with Crippen LogP contribution in [-0.4, -0.2) is 29.8 Å². The van der Waals surface area contributed by atoms with Gasteiger partial charge < -0.3 is 15.2 Å². The van der Waals surface area contributed by atoms with E-state index in [0.29, 0.717) is 18.3 Å². The highest BCUT2D eigenvalue weighted by molar-refractivity contribution is 5.25. The van der Waals surface area contributed by atoms with E-state index in [1.54, 1.807) is 25.6 Å². The zero-order chi connectivity index (χ0) is 11.3. The predicted molar refractivity (Wildman–Crippen MR) is 58.9 cm³/mol. The van der Waals surface area contributed by atoms with Crippen molar-refractivity contribution in [1.29, 1.82) is 0 Å². The zero-order valence-corrected chi connectivity index (χ0v) is 9.40.